The van der Waals surface area contributed by atoms with Crippen molar-refractivity contribution in [3.63, 3.8) is 0 Å². The summed E-state index contributed by atoms with van der Waals surface area (Å²) < 4.78 is 28.8. The number of amides is 1. The van der Waals surface area contributed by atoms with Gasteiger partial charge in [-0.3, -0.25) is 4.79 Å². The van der Waals surface area contributed by atoms with Gasteiger partial charge in [0.25, 0.3) is 5.91 Å². The Labute approximate surface area is 152 Å². The molecule has 1 saturated carbocycles. The number of carbonyl (C=O) groups is 1. The molecular formula is C16H18BrF2N5O. The average Bonchev–Trinajstić information content (AvgIpc) is 3.00. The number of anilines is 1. The molecule has 3 rings (SSSR count). The molecule has 1 fully saturated rings. The average molecular weight is 414 g/mol. The summed E-state index contributed by atoms with van der Waals surface area (Å²) >= 11 is 2.96. The summed E-state index contributed by atoms with van der Waals surface area (Å²) in [5.74, 6) is -1.69. The molecule has 1 aliphatic rings. The van der Waals surface area contributed by atoms with Crippen molar-refractivity contribution in [1.82, 2.24) is 19.9 Å². The summed E-state index contributed by atoms with van der Waals surface area (Å²) in [6.45, 7) is 0. The third-order valence-corrected chi connectivity index (χ3v) is 4.73. The Balaban J connectivity index is 1.61. The topological polar surface area (TPSA) is 71.8 Å². The van der Waals surface area contributed by atoms with Gasteiger partial charge < -0.3 is 15.2 Å². The van der Waals surface area contributed by atoms with Gasteiger partial charge in [0.05, 0.1) is 6.33 Å². The Hall–Kier alpha value is -2.03. The number of nitrogens with one attached hydrogen (secondary N) is 2. The zero-order valence-electron chi connectivity index (χ0n) is 13.6. The number of aromatic nitrogens is 3. The van der Waals surface area contributed by atoms with Crippen molar-refractivity contribution >= 4 is 27.7 Å². The van der Waals surface area contributed by atoms with Crippen LogP contribution in [0.15, 0.2) is 23.2 Å². The molecule has 9 heteroatoms. The monoisotopic (exact) mass is 413 g/mol. The zero-order chi connectivity index (χ0) is 18.0. The molecular weight excluding hydrogens is 396 g/mol. The summed E-state index contributed by atoms with van der Waals surface area (Å²) in [5, 5.41) is 5.97. The lowest BCUT2D eigenvalue weighted by Crippen LogP contribution is -2.42. The van der Waals surface area contributed by atoms with Gasteiger partial charge in [-0.25, -0.2) is 18.7 Å². The fraction of sp³-hybridized carbons (Fsp3) is 0.438. The number of pyridine rings is 1. The molecule has 0 aliphatic heterocycles. The van der Waals surface area contributed by atoms with E-state index >= 15 is 0 Å². The quantitative estimate of drug-likeness (QED) is 0.755. The molecule has 2 heterocycles. The van der Waals surface area contributed by atoms with Crippen molar-refractivity contribution < 1.29 is 13.6 Å². The van der Waals surface area contributed by atoms with Crippen LogP contribution in [0.1, 0.15) is 36.2 Å². The largest absolute Gasteiger partial charge is 0.365 e. The number of rotatable bonds is 4. The van der Waals surface area contributed by atoms with Gasteiger partial charge in [0.15, 0.2) is 17.5 Å². The van der Waals surface area contributed by atoms with E-state index in [-0.39, 0.29) is 28.4 Å². The highest BCUT2D eigenvalue weighted by Crippen LogP contribution is 2.25. The van der Waals surface area contributed by atoms with Crippen molar-refractivity contribution in [3.05, 3.63) is 40.5 Å². The summed E-state index contributed by atoms with van der Waals surface area (Å²) in [7, 11) is 1.80. The molecule has 0 aromatic carbocycles. The van der Waals surface area contributed by atoms with E-state index in [2.05, 4.69) is 36.5 Å². The summed E-state index contributed by atoms with van der Waals surface area (Å²) in [5.41, 5.74) is 0.368. The normalized spacial score (nSPS) is 20.3. The predicted molar refractivity (Wildman–Crippen MR) is 92.2 cm³/mol. The lowest BCUT2D eigenvalue weighted by Gasteiger charge is -2.30. The van der Waals surface area contributed by atoms with E-state index in [1.54, 1.807) is 24.1 Å². The Morgan fingerprint density at radius 3 is 2.80 bits per heavy atom. The first kappa shape index (κ1) is 17.8. The van der Waals surface area contributed by atoms with Gasteiger partial charge in [-0.2, -0.15) is 0 Å². The number of imidazole rings is 1. The third kappa shape index (κ3) is 4.33. The SMILES string of the molecule is Cn1cnc(C(=O)N[C@H]2CCC[C@@H](Nc3nc(Br)c(F)cc3F)C2)c1. The van der Waals surface area contributed by atoms with Crippen LogP contribution in [0.3, 0.4) is 0 Å². The first-order valence-corrected chi connectivity index (χ1v) is 8.78. The molecule has 2 N–H and O–H groups in total. The maximum Gasteiger partial charge on any atom is 0.271 e. The Morgan fingerprint density at radius 2 is 2.08 bits per heavy atom. The van der Waals surface area contributed by atoms with Gasteiger partial charge in [0.1, 0.15) is 10.3 Å². The minimum absolute atomic E-state index is 0.00924. The molecule has 1 amide bonds. The molecule has 0 radical (unpaired) electrons. The minimum Gasteiger partial charge on any atom is -0.365 e. The molecule has 1 aliphatic carbocycles. The van der Waals surface area contributed by atoms with Crippen LogP contribution in [0, 0.1) is 11.6 Å². The number of hydrogen-bond donors (Lipinski definition) is 2. The van der Waals surface area contributed by atoms with Crippen LogP contribution in [0.25, 0.3) is 0 Å². The smallest absolute Gasteiger partial charge is 0.271 e. The maximum absolute atomic E-state index is 13.9. The van der Waals surface area contributed by atoms with Crippen molar-refractivity contribution in [1.29, 1.82) is 0 Å². The Morgan fingerprint density at radius 1 is 1.32 bits per heavy atom. The Bertz CT molecular complexity index is 782. The number of carbonyl (C=O) groups excluding carboxylic acids is 1. The first-order chi connectivity index (χ1) is 11.9. The maximum atomic E-state index is 13.9. The minimum atomic E-state index is -0.743. The standard InChI is InChI=1S/C16H18BrF2N5O/c1-24-7-13(20-8-24)16(25)22-10-4-2-3-9(5-10)21-15-12(19)6-11(18)14(17)23-15/h6-10H,2-5H2,1H3,(H,21,23)(H,22,25)/t9-,10+/m1/s1. The van der Waals surface area contributed by atoms with Crippen LogP contribution in [-0.4, -0.2) is 32.5 Å². The van der Waals surface area contributed by atoms with E-state index in [1.165, 1.54) is 0 Å². The van der Waals surface area contributed by atoms with E-state index in [0.717, 1.165) is 25.3 Å². The summed E-state index contributed by atoms with van der Waals surface area (Å²) in [6, 6.07) is 0.706. The van der Waals surface area contributed by atoms with Crippen LogP contribution in [0.2, 0.25) is 0 Å². The van der Waals surface area contributed by atoms with Gasteiger partial charge >= 0.3 is 0 Å². The molecule has 134 valence electrons. The third-order valence-electron chi connectivity index (χ3n) is 4.17. The van der Waals surface area contributed by atoms with Gasteiger partial charge in [-0.1, -0.05) is 0 Å². The molecule has 0 spiro atoms. The second-order valence-corrected chi connectivity index (χ2v) is 6.95. The summed E-state index contributed by atoms with van der Waals surface area (Å²) in [4.78, 5) is 20.1. The van der Waals surface area contributed by atoms with E-state index in [1.807, 2.05) is 0 Å². The van der Waals surface area contributed by atoms with Crippen molar-refractivity contribution in [3.8, 4) is 0 Å². The fourth-order valence-corrected chi connectivity index (χ4v) is 3.27. The van der Waals surface area contributed by atoms with Crippen molar-refractivity contribution in [2.75, 3.05) is 5.32 Å². The fourth-order valence-electron chi connectivity index (χ4n) is 2.98. The lowest BCUT2D eigenvalue weighted by atomic mass is 9.91. The number of aryl methyl sites for hydroxylation is 1. The van der Waals surface area contributed by atoms with Crippen molar-refractivity contribution in [2.45, 2.75) is 37.8 Å². The number of halogens is 3. The highest BCUT2D eigenvalue weighted by atomic mass is 79.9. The highest BCUT2D eigenvalue weighted by Gasteiger charge is 2.25. The number of hydrogen-bond acceptors (Lipinski definition) is 4. The molecule has 0 bridgehead atoms. The molecule has 6 nitrogen and oxygen atoms in total. The van der Waals surface area contributed by atoms with E-state index in [4.69, 9.17) is 0 Å². The summed E-state index contributed by atoms with van der Waals surface area (Å²) in [6.07, 6.45) is 6.42. The van der Waals surface area contributed by atoms with Crippen LogP contribution in [0.5, 0.6) is 0 Å². The predicted octanol–water partition coefficient (Wildman–Crippen LogP) is 3.01. The highest BCUT2D eigenvalue weighted by molar-refractivity contribution is 9.10. The van der Waals surface area contributed by atoms with E-state index in [9.17, 15) is 13.6 Å². The van der Waals surface area contributed by atoms with Gasteiger partial charge in [0, 0.05) is 31.4 Å². The molecule has 2 aromatic heterocycles. The van der Waals surface area contributed by atoms with Crippen LogP contribution in [0.4, 0.5) is 14.6 Å². The van der Waals surface area contributed by atoms with Crippen LogP contribution >= 0.6 is 15.9 Å². The van der Waals surface area contributed by atoms with E-state index < -0.39 is 11.6 Å². The Kier molecular flexibility index (Phi) is 5.31. The molecule has 2 atom stereocenters. The number of nitrogens with zero attached hydrogens (tertiary/aromatic N) is 3. The zero-order valence-corrected chi connectivity index (χ0v) is 15.2. The molecule has 25 heavy (non-hydrogen) atoms. The van der Waals surface area contributed by atoms with Gasteiger partial charge in [-0.15, -0.1) is 0 Å². The van der Waals surface area contributed by atoms with E-state index in [0.29, 0.717) is 12.1 Å². The lowest BCUT2D eigenvalue weighted by molar-refractivity contribution is 0.0921. The molecule has 0 unspecified atom stereocenters. The molecule has 0 saturated heterocycles. The van der Waals surface area contributed by atoms with Gasteiger partial charge in [-0.05, 0) is 41.6 Å². The van der Waals surface area contributed by atoms with Crippen LogP contribution in [-0.2, 0) is 7.05 Å². The van der Waals surface area contributed by atoms with Gasteiger partial charge in [0.2, 0.25) is 0 Å². The second kappa shape index (κ2) is 7.47. The van der Waals surface area contributed by atoms with Crippen molar-refractivity contribution in [2.24, 2.45) is 7.05 Å². The first-order valence-electron chi connectivity index (χ1n) is 7.99. The van der Waals surface area contributed by atoms with Crippen LogP contribution < -0.4 is 10.6 Å². The molecule has 2 aromatic rings. The second-order valence-electron chi connectivity index (χ2n) is 6.19.